The Labute approximate surface area is 165 Å². The van der Waals surface area contributed by atoms with Crippen molar-refractivity contribution in [3.63, 3.8) is 0 Å². The molecule has 3 aromatic carbocycles. The van der Waals surface area contributed by atoms with E-state index in [2.05, 4.69) is 10.5 Å². The van der Waals surface area contributed by atoms with Crippen LogP contribution in [0, 0.1) is 10.1 Å². The van der Waals surface area contributed by atoms with Crippen LogP contribution in [0.25, 0.3) is 0 Å². The Kier molecular flexibility index (Phi) is 5.66. The fourth-order valence-electron chi connectivity index (χ4n) is 2.79. The fraction of sp³-hybridized carbons (Fsp3) is 0.0476. The lowest BCUT2D eigenvalue weighted by molar-refractivity contribution is -0.384. The molecule has 0 bridgehead atoms. The Morgan fingerprint density at radius 3 is 2.07 bits per heavy atom. The fourth-order valence-corrected chi connectivity index (χ4v) is 2.79. The van der Waals surface area contributed by atoms with Gasteiger partial charge in [0.25, 0.3) is 11.6 Å². The van der Waals surface area contributed by atoms with Gasteiger partial charge in [-0.05, 0) is 17.2 Å². The molecule has 0 heterocycles. The molecule has 3 aromatic rings. The number of hydrogen-bond acceptors (Lipinski definition) is 6. The second-order valence-corrected chi connectivity index (χ2v) is 6.14. The second-order valence-electron chi connectivity index (χ2n) is 6.14. The minimum Gasteiger partial charge on any atom is -0.507 e. The lowest BCUT2D eigenvalue weighted by Crippen LogP contribution is -2.43. The maximum atomic E-state index is 12.9. The van der Waals surface area contributed by atoms with E-state index < -0.39 is 16.4 Å². The van der Waals surface area contributed by atoms with E-state index in [0.717, 1.165) is 24.4 Å². The summed E-state index contributed by atoms with van der Waals surface area (Å²) in [5.74, 6) is -1.06. The zero-order chi connectivity index (χ0) is 20.9. The smallest absolute Gasteiger partial charge is 0.281 e. The third kappa shape index (κ3) is 4.12. The molecule has 0 spiro atoms. The van der Waals surface area contributed by atoms with Gasteiger partial charge < -0.3 is 10.2 Å². The van der Waals surface area contributed by atoms with E-state index >= 15 is 0 Å². The Balaban J connectivity index is 1.90. The summed E-state index contributed by atoms with van der Waals surface area (Å²) in [6.45, 7) is 0. The van der Waals surface area contributed by atoms with Gasteiger partial charge in [0.05, 0.1) is 11.1 Å². The number of phenolic OH excluding ortho intramolecular Hbond substituents is 1. The molecule has 0 fully saturated rings. The third-order valence-corrected chi connectivity index (χ3v) is 4.30. The van der Waals surface area contributed by atoms with Gasteiger partial charge in [-0.1, -0.05) is 60.7 Å². The van der Waals surface area contributed by atoms with Gasteiger partial charge >= 0.3 is 0 Å². The van der Waals surface area contributed by atoms with Crippen molar-refractivity contribution in [3.8, 4) is 5.75 Å². The van der Waals surface area contributed by atoms with Crippen molar-refractivity contribution in [1.29, 1.82) is 0 Å². The van der Waals surface area contributed by atoms with E-state index in [4.69, 9.17) is 0 Å². The number of carbonyl (C=O) groups excluding carboxylic acids is 1. The van der Waals surface area contributed by atoms with Crippen LogP contribution in [0.2, 0.25) is 0 Å². The molecule has 3 rings (SSSR count). The van der Waals surface area contributed by atoms with Crippen LogP contribution < -0.4 is 5.43 Å². The highest BCUT2D eigenvalue weighted by atomic mass is 16.6. The molecule has 1 amide bonds. The summed E-state index contributed by atoms with van der Waals surface area (Å²) in [5, 5.41) is 35.7. The van der Waals surface area contributed by atoms with Crippen LogP contribution in [0.3, 0.4) is 0 Å². The van der Waals surface area contributed by atoms with E-state index in [1.165, 1.54) is 0 Å². The van der Waals surface area contributed by atoms with Crippen molar-refractivity contribution < 1.29 is 19.9 Å². The van der Waals surface area contributed by atoms with Gasteiger partial charge in [-0.3, -0.25) is 14.9 Å². The largest absolute Gasteiger partial charge is 0.507 e. The number of aliphatic hydroxyl groups is 1. The van der Waals surface area contributed by atoms with Crippen molar-refractivity contribution >= 4 is 17.8 Å². The molecule has 0 aliphatic rings. The zero-order valence-corrected chi connectivity index (χ0v) is 15.1. The summed E-state index contributed by atoms with van der Waals surface area (Å²) >= 11 is 0. The number of carbonyl (C=O) groups is 1. The Hall–Kier alpha value is -4.04. The number of hydrogen-bond donors (Lipinski definition) is 3. The summed E-state index contributed by atoms with van der Waals surface area (Å²) < 4.78 is 0. The van der Waals surface area contributed by atoms with Gasteiger partial charge in [0.1, 0.15) is 5.75 Å². The lowest BCUT2D eigenvalue weighted by Gasteiger charge is -2.27. The molecular formula is C21H17N3O5. The van der Waals surface area contributed by atoms with Crippen LogP contribution in [0.5, 0.6) is 5.75 Å². The molecule has 29 heavy (non-hydrogen) atoms. The molecule has 0 saturated heterocycles. The molecular weight excluding hydrogens is 374 g/mol. The highest BCUT2D eigenvalue weighted by Crippen LogP contribution is 2.30. The first-order valence-corrected chi connectivity index (χ1v) is 8.57. The number of nitrogens with zero attached hydrogens (tertiary/aromatic N) is 2. The van der Waals surface area contributed by atoms with E-state index in [1.54, 1.807) is 60.7 Å². The number of phenols is 1. The van der Waals surface area contributed by atoms with Crippen LogP contribution in [-0.2, 0) is 10.4 Å². The summed E-state index contributed by atoms with van der Waals surface area (Å²) in [6.07, 6.45) is 1.07. The Morgan fingerprint density at radius 2 is 1.55 bits per heavy atom. The van der Waals surface area contributed by atoms with Gasteiger partial charge in [-0.25, -0.2) is 5.43 Å². The van der Waals surface area contributed by atoms with E-state index in [-0.39, 0.29) is 17.0 Å². The molecule has 0 radical (unpaired) electrons. The first kappa shape index (κ1) is 19.7. The lowest BCUT2D eigenvalue weighted by atomic mass is 9.85. The highest BCUT2D eigenvalue weighted by Gasteiger charge is 2.39. The van der Waals surface area contributed by atoms with Crippen LogP contribution in [0.15, 0.2) is 84.0 Å². The SMILES string of the molecule is O=C(N/N=C/c1cc([N+](=O)[O-])ccc1O)C(O)(c1ccccc1)c1ccccc1. The number of nitro benzene ring substituents is 1. The third-order valence-electron chi connectivity index (χ3n) is 4.30. The predicted molar refractivity (Wildman–Crippen MR) is 106 cm³/mol. The van der Waals surface area contributed by atoms with Crippen LogP contribution in [-0.4, -0.2) is 27.3 Å². The molecule has 3 N–H and O–H groups in total. The minimum absolute atomic E-state index is 0.0439. The van der Waals surface area contributed by atoms with Crippen LogP contribution in [0.4, 0.5) is 5.69 Å². The molecule has 146 valence electrons. The Bertz CT molecular complexity index is 1010. The maximum Gasteiger partial charge on any atom is 0.281 e. The first-order chi connectivity index (χ1) is 13.9. The monoisotopic (exact) mass is 391 g/mol. The number of rotatable bonds is 6. The molecule has 0 aliphatic heterocycles. The van der Waals surface area contributed by atoms with Crippen LogP contribution >= 0.6 is 0 Å². The molecule has 8 nitrogen and oxygen atoms in total. The standard InChI is InChI=1S/C21H17N3O5/c25-19-12-11-18(24(28)29)13-15(19)14-22-23-20(26)21(27,16-7-3-1-4-8-16)17-9-5-2-6-10-17/h1-14,25,27H,(H,23,26)/b22-14+. The van der Waals surface area contributed by atoms with E-state index in [1.807, 2.05) is 0 Å². The van der Waals surface area contributed by atoms with E-state index in [9.17, 15) is 25.1 Å². The van der Waals surface area contributed by atoms with Gasteiger partial charge in [0.2, 0.25) is 0 Å². The van der Waals surface area contributed by atoms with Crippen molar-refractivity contribution in [1.82, 2.24) is 5.43 Å². The van der Waals surface area contributed by atoms with Gasteiger partial charge in [-0.15, -0.1) is 0 Å². The van der Waals surface area contributed by atoms with Crippen molar-refractivity contribution in [3.05, 3.63) is 106 Å². The summed E-state index contributed by atoms with van der Waals surface area (Å²) in [5.41, 5.74) is 0.732. The topological polar surface area (TPSA) is 125 Å². The van der Waals surface area contributed by atoms with E-state index in [0.29, 0.717) is 11.1 Å². The van der Waals surface area contributed by atoms with Gasteiger partial charge in [0.15, 0.2) is 5.60 Å². The quantitative estimate of drug-likeness (QED) is 0.338. The molecule has 8 heteroatoms. The summed E-state index contributed by atoms with van der Waals surface area (Å²) in [7, 11) is 0. The van der Waals surface area contributed by atoms with Crippen LogP contribution in [0.1, 0.15) is 16.7 Å². The Morgan fingerprint density at radius 1 is 1.00 bits per heavy atom. The van der Waals surface area contributed by atoms with Crippen molar-refractivity contribution in [2.24, 2.45) is 5.10 Å². The highest BCUT2D eigenvalue weighted by molar-refractivity contribution is 5.91. The molecule has 0 aromatic heterocycles. The number of benzene rings is 3. The number of amides is 1. The van der Waals surface area contributed by atoms with Crippen molar-refractivity contribution in [2.75, 3.05) is 0 Å². The average molecular weight is 391 g/mol. The summed E-state index contributed by atoms with van der Waals surface area (Å²) in [6, 6.07) is 20.2. The predicted octanol–water partition coefficient (Wildman–Crippen LogP) is 2.69. The summed E-state index contributed by atoms with van der Waals surface area (Å²) in [4.78, 5) is 23.1. The molecule has 0 atom stereocenters. The minimum atomic E-state index is -2.01. The van der Waals surface area contributed by atoms with Gasteiger partial charge in [-0.2, -0.15) is 5.10 Å². The number of hydrazone groups is 1. The van der Waals surface area contributed by atoms with Gasteiger partial charge in [0, 0.05) is 17.7 Å². The number of aromatic hydroxyl groups is 1. The van der Waals surface area contributed by atoms with Crippen molar-refractivity contribution in [2.45, 2.75) is 5.60 Å². The number of nitro groups is 1. The maximum absolute atomic E-state index is 12.9. The molecule has 0 aliphatic carbocycles. The normalized spacial score (nSPS) is 11.3. The molecule has 0 unspecified atom stereocenters. The average Bonchev–Trinajstić information content (AvgIpc) is 2.75. The number of nitrogens with one attached hydrogen (secondary N) is 1. The zero-order valence-electron chi connectivity index (χ0n) is 15.1. The number of non-ortho nitro benzene ring substituents is 1. The molecule has 0 saturated carbocycles. The first-order valence-electron chi connectivity index (χ1n) is 8.57. The second kappa shape index (κ2) is 8.32.